The zero-order valence-corrected chi connectivity index (χ0v) is 16.2. The Balaban J connectivity index is 2.25. The minimum Gasteiger partial charge on any atom is -0.469 e. The van der Waals surface area contributed by atoms with Crippen LogP contribution in [0.3, 0.4) is 0 Å². The van der Waals surface area contributed by atoms with Gasteiger partial charge >= 0.3 is 5.97 Å². The number of aliphatic hydroxyl groups excluding tert-OH is 1. The zero-order chi connectivity index (χ0) is 18.5. The van der Waals surface area contributed by atoms with Crippen LogP contribution >= 0.6 is 0 Å². The predicted octanol–water partition coefficient (Wildman–Crippen LogP) is 3.54. The summed E-state index contributed by atoms with van der Waals surface area (Å²) in [5.41, 5.74) is 0. The highest BCUT2D eigenvalue weighted by molar-refractivity contribution is 5.68. The molecule has 1 N–H and O–H groups in total. The Morgan fingerprint density at radius 2 is 2.12 bits per heavy atom. The Hall–Kier alpha value is -1.31. The maximum absolute atomic E-state index is 11.1. The lowest BCUT2D eigenvalue weighted by atomic mass is 10.00. The maximum Gasteiger partial charge on any atom is 0.305 e. The fourth-order valence-corrected chi connectivity index (χ4v) is 3.20. The summed E-state index contributed by atoms with van der Waals surface area (Å²) in [5, 5.41) is 10.2. The molecule has 25 heavy (non-hydrogen) atoms. The number of rotatable bonds is 11. The largest absolute Gasteiger partial charge is 0.469 e. The molecule has 1 saturated heterocycles. The summed E-state index contributed by atoms with van der Waals surface area (Å²) in [6.45, 7) is 6.12. The SMILES string of the molecule is CC#CCC(C)[C@H](O)/C=C/[C@H]1CCCN1CCCCCCC(=O)OC. The van der Waals surface area contributed by atoms with Crippen LogP contribution < -0.4 is 0 Å². The van der Waals surface area contributed by atoms with Crippen molar-refractivity contribution in [1.82, 2.24) is 4.90 Å². The summed E-state index contributed by atoms with van der Waals surface area (Å²) in [5.74, 6) is 5.99. The molecule has 1 heterocycles. The van der Waals surface area contributed by atoms with Crippen molar-refractivity contribution >= 4 is 5.97 Å². The molecule has 1 aliphatic heterocycles. The minimum atomic E-state index is -0.415. The lowest BCUT2D eigenvalue weighted by Gasteiger charge is -2.22. The van der Waals surface area contributed by atoms with E-state index in [1.165, 1.54) is 20.0 Å². The lowest BCUT2D eigenvalue weighted by molar-refractivity contribution is -0.140. The molecule has 1 fully saturated rings. The number of ether oxygens (including phenoxy) is 1. The third kappa shape index (κ3) is 9.09. The van der Waals surface area contributed by atoms with Gasteiger partial charge in [-0.05, 0) is 51.6 Å². The Labute approximate surface area is 153 Å². The van der Waals surface area contributed by atoms with Gasteiger partial charge in [-0.15, -0.1) is 11.8 Å². The van der Waals surface area contributed by atoms with Crippen LogP contribution in [0.1, 0.15) is 65.2 Å². The molecule has 1 rings (SSSR count). The molecule has 0 aromatic heterocycles. The van der Waals surface area contributed by atoms with Gasteiger partial charge in [-0.2, -0.15) is 0 Å². The lowest BCUT2D eigenvalue weighted by Crippen LogP contribution is -2.29. The van der Waals surface area contributed by atoms with E-state index in [0.717, 1.165) is 45.2 Å². The summed E-state index contributed by atoms with van der Waals surface area (Å²) >= 11 is 0. The highest BCUT2D eigenvalue weighted by Gasteiger charge is 2.22. The number of carbonyl (C=O) groups is 1. The van der Waals surface area contributed by atoms with Gasteiger partial charge in [-0.25, -0.2) is 0 Å². The molecule has 3 atom stereocenters. The van der Waals surface area contributed by atoms with Gasteiger partial charge in [-0.3, -0.25) is 9.69 Å². The highest BCUT2D eigenvalue weighted by Crippen LogP contribution is 2.20. The third-order valence-corrected chi connectivity index (χ3v) is 4.93. The third-order valence-electron chi connectivity index (χ3n) is 4.93. The van der Waals surface area contributed by atoms with E-state index in [4.69, 9.17) is 0 Å². The second kappa shape index (κ2) is 13.0. The van der Waals surface area contributed by atoms with Gasteiger partial charge in [0.1, 0.15) is 0 Å². The van der Waals surface area contributed by atoms with Crippen molar-refractivity contribution in [3.05, 3.63) is 12.2 Å². The van der Waals surface area contributed by atoms with Gasteiger partial charge in [0, 0.05) is 18.9 Å². The molecule has 0 aromatic rings. The van der Waals surface area contributed by atoms with Crippen LogP contribution in [-0.4, -0.2) is 48.3 Å². The smallest absolute Gasteiger partial charge is 0.305 e. The van der Waals surface area contributed by atoms with E-state index in [1.54, 1.807) is 0 Å². The topological polar surface area (TPSA) is 49.8 Å². The fourth-order valence-electron chi connectivity index (χ4n) is 3.20. The predicted molar refractivity (Wildman–Crippen MR) is 102 cm³/mol. The molecule has 4 heteroatoms. The number of likely N-dealkylation sites (tertiary alicyclic amines) is 1. The van der Waals surface area contributed by atoms with E-state index in [1.807, 2.05) is 19.9 Å². The quantitative estimate of drug-likeness (QED) is 0.268. The van der Waals surface area contributed by atoms with E-state index in [0.29, 0.717) is 12.5 Å². The number of hydrogen-bond acceptors (Lipinski definition) is 4. The molecule has 0 aliphatic carbocycles. The molecule has 0 spiro atoms. The minimum absolute atomic E-state index is 0.109. The van der Waals surface area contributed by atoms with Crippen molar-refractivity contribution in [2.24, 2.45) is 5.92 Å². The Kier molecular flexibility index (Phi) is 11.3. The first-order valence-corrected chi connectivity index (χ1v) is 9.65. The summed E-state index contributed by atoms with van der Waals surface area (Å²) in [6.07, 6.45) is 11.7. The average Bonchev–Trinajstić information content (AvgIpc) is 3.07. The number of unbranched alkanes of at least 4 members (excludes halogenated alkanes) is 3. The second-order valence-electron chi connectivity index (χ2n) is 6.97. The highest BCUT2D eigenvalue weighted by atomic mass is 16.5. The van der Waals surface area contributed by atoms with Gasteiger partial charge < -0.3 is 9.84 Å². The van der Waals surface area contributed by atoms with Crippen molar-refractivity contribution in [3.63, 3.8) is 0 Å². The Morgan fingerprint density at radius 1 is 1.36 bits per heavy atom. The molecule has 1 aliphatic rings. The van der Waals surface area contributed by atoms with E-state index in [-0.39, 0.29) is 11.9 Å². The number of carbonyl (C=O) groups excluding carboxylic acids is 1. The molecule has 0 saturated carbocycles. The molecular formula is C21H35NO3. The van der Waals surface area contributed by atoms with Crippen LogP contribution in [0.25, 0.3) is 0 Å². The van der Waals surface area contributed by atoms with Crippen molar-refractivity contribution in [2.75, 3.05) is 20.2 Å². The normalized spacial score (nSPS) is 20.2. The standard InChI is InChI=1S/C21H35NO3/c1-4-5-11-18(2)20(23)15-14-19-12-10-17-22(19)16-9-7-6-8-13-21(24)25-3/h14-15,18-20,23H,6-13,16-17H2,1-3H3/b15-14+/t18?,19-,20-/m1/s1. The molecule has 1 unspecified atom stereocenters. The monoisotopic (exact) mass is 349 g/mol. The zero-order valence-electron chi connectivity index (χ0n) is 16.2. The number of esters is 1. The van der Waals surface area contributed by atoms with E-state index in [9.17, 15) is 9.90 Å². The van der Waals surface area contributed by atoms with Crippen LogP contribution in [0, 0.1) is 17.8 Å². The Morgan fingerprint density at radius 3 is 2.84 bits per heavy atom. The van der Waals surface area contributed by atoms with E-state index >= 15 is 0 Å². The molecule has 0 amide bonds. The number of methoxy groups -OCH3 is 1. The first-order chi connectivity index (χ1) is 12.1. The van der Waals surface area contributed by atoms with E-state index in [2.05, 4.69) is 27.6 Å². The molecule has 0 aromatic carbocycles. The fraction of sp³-hybridized carbons (Fsp3) is 0.762. The summed E-state index contributed by atoms with van der Waals surface area (Å²) in [6, 6.07) is 0.453. The first-order valence-electron chi connectivity index (χ1n) is 9.65. The van der Waals surface area contributed by atoms with Gasteiger partial charge in [0.25, 0.3) is 0 Å². The molecule has 0 radical (unpaired) electrons. The van der Waals surface area contributed by atoms with Crippen molar-refractivity contribution in [1.29, 1.82) is 0 Å². The number of nitrogens with zero attached hydrogens (tertiary/aromatic N) is 1. The molecule has 4 nitrogen and oxygen atoms in total. The Bertz CT molecular complexity index is 463. The van der Waals surface area contributed by atoms with Crippen LogP contribution in [0.5, 0.6) is 0 Å². The van der Waals surface area contributed by atoms with Gasteiger partial charge in [-0.1, -0.05) is 31.9 Å². The number of hydrogen-bond donors (Lipinski definition) is 1. The van der Waals surface area contributed by atoms with Crippen LogP contribution in [0.15, 0.2) is 12.2 Å². The molecule has 0 bridgehead atoms. The molecular weight excluding hydrogens is 314 g/mol. The van der Waals surface area contributed by atoms with Crippen LogP contribution in [0.4, 0.5) is 0 Å². The van der Waals surface area contributed by atoms with Gasteiger partial charge in [0.05, 0.1) is 13.2 Å². The van der Waals surface area contributed by atoms with Crippen LogP contribution in [-0.2, 0) is 9.53 Å². The van der Waals surface area contributed by atoms with Crippen molar-refractivity contribution < 1.29 is 14.6 Å². The van der Waals surface area contributed by atoms with Gasteiger partial charge in [0.15, 0.2) is 0 Å². The summed E-state index contributed by atoms with van der Waals surface area (Å²) in [4.78, 5) is 13.6. The first kappa shape index (κ1) is 21.7. The van der Waals surface area contributed by atoms with Crippen LogP contribution in [0.2, 0.25) is 0 Å². The second-order valence-corrected chi connectivity index (χ2v) is 6.97. The van der Waals surface area contributed by atoms with Crippen molar-refractivity contribution in [2.45, 2.75) is 77.4 Å². The van der Waals surface area contributed by atoms with E-state index < -0.39 is 6.10 Å². The average molecular weight is 350 g/mol. The van der Waals surface area contributed by atoms with Crippen molar-refractivity contribution in [3.8, 4) is 11.8 Å². The summed E-state index contributed by atoms with van der Waals surface area (Å²) in [7, 11) is 1.44. The van der Waals surface area contributed by atoms with Gasteiger partial charge in [0.2, 0.25) is 0 Å². The molecule has 142 valence electrons. The number of aliphatic hydroxyl groups is 1. The maximum atomic E-state index is 11.1. The summed E-state index contributed by atoms with van der Waals surface area (Å²) < 4.78 is 4.65.